The smallest absolute Gasteiger partial charge is 0.157 e. The summed E-state index contributed by atoms with van der Waals surface area (Å²) in [6.07, 6.45) is 5.46. The molecular weight excluding hydrogens is 360 g/mol. The number of pyridine rings is 1. The molecule has 2 aliphatic rings. The van der Waals surface area contributed by atoms with Crippen LogP contribution in [-0.2, 0) is 17.6 Å². The molecule has 0 amide bonds. The third-order valence-electron chi connectivity index (χ3n) is 5.91. The van der Waals surface area contributed by atoms with Crippen molar-refractivity contribution in [2.45, 2.75) is 38.1 Å². The number of anilines is 1. The summed E-state index contributed by atoms with van der Waals surface area (Å²) < 4.78 is 7.75. The average Bonchev–Trinajstić information content (AvgIpc) is 3.38. The number of methoxy groups -OCH3 is 1. The van der Waals surface area contributed by atoms with Crippen LogP contribution in [0.25, 0.3) is 16.7 Å². The highest BCUT2D eigenvalue weighted by molar-refractivity contribution is 5.87. The summed E-state index contributed by atoms with van der Waals surface area (Å²) in [4.78, 5) is 7.36. The van der Waals surface area contributed by atoms with Crippen LogP contribution in [0.3, 0.4) is 0 Å². The minimum Gasteiger partial charge on any atom is -0.383 e. The lowest BCUT2D eigenvalue weighted by Crippen LogP contribution is -2.35. The summed E-state index contributed by atoms with van der Waals surface area (Å²) in [5, 5.41) is 9.88. The van der Waals surface area contributed by atoms with Crippen molar-refractivity contribution in [2.75, 3.05) is 25.2 Å². The number of para-hydroxylation sites is 2. The Bertz CT molecular complexity index is 1050. The van der Waals surface area contributed by atoms with Crippen LogP contribution in [0.4, 0.5) is 5.82 Å². The first-order valence-corrected chi connectivity index (χ1v) is 9.44. The molecule has 3 heterocycles. The van der Waals surface area contributed by atoms with E-state index in [2.05, 4.69) is 27.5 Å². The summed E-state index contributed by atoms with van der Waals surface area (Å²) in [5.74, 6) is 1.25. The molecule has 0 unspecified atom stereocenters. The molecule has 5 rings (SSSR count). The second kappa shape index (κ2) is 7.03. The van der Waals surface area contributed by atoms with Gasteiger partial charge >= 0.3 is 0 Å². The molecule has 1 aliphatic heterocycles. The van der Waals surface area contributed by atoms with Crippen molar-refractivity contribution in [1.82, 2.24) is 9.38 Å². The SMILES string of the molecule is COC[C@H]1CCCN1c1c2c(c(C#N)c3nc4ccccc4n13)CCC2.Cl. The van der Waals surface area contributed by atoms with E-state index in [1.165, 1.54) is 23.4 Å². The Kier molecular flexibility index (Phi) is 4.71. The number of hydrogen-bond acceptors (Lipinski definition) is 4. The summed E-state index contributed by atoms with van der Waals surface area (Å²) >= 11 is 0. The molecule has 1 fully saturated rings. The number of benzene rings is 1. The van der Waals surface area contributed by atoms with Gasteiger partial charge in [0.2, 0.25) is 0 Å². The topological polar surface area (TPSA) is 53.6 Å². The van der Waals surface area contributed by atoms with Gasteiger partial charge in [-0.25, -0.2) is 4.98 Å². The van der Waals surface area contributed by atoms with Crippen molar-refractivity contribution in [1.29, 1.82) is 5.26 Å². The molecule has 5 nitrogen and oxygen atoms in total. The molecule has 1 aromatic carbocycles. The Hall–Kier alpha value is -2.29. The molecule has 0 radical (unpaired) electrons. The first-order chi connectivity index (χ1) is 12.8. The molecule has 140 valence electrons. The minimum absolute atomic E-state index is 0. The standard InChI is InChI=1S/C21H22N4O.ClH/c1-26-13-14-6-5-11-24(14)21-16-8-4-7-15(16)17(12-22)20-23-18-9-2-3-10-19(18)25(20)21;/h2-3,9-10,14H,4-8,11,13H2,1H3;1H/t14-;/m1./s1. The predicted octanol–water partition coefficient (Wildman–Crippen LogP) is 3.88. The van der Waals surface area contributed by atoms with Crippen molar-refractivity contribution in [3.05, 3.63) is 41.0 Å². The van der Waals surface area contributed by atoms with E-state index in [0.29, 0.717) is 6.04 Å². The van der Waals surface area contributed by atoms with Crippen LogP contribution in [0.1, 0.15) is 36.0 Å². The van der Waals surface area contributed by atoms with Crippen LogP contribution >= 0.6 is 12.4 Å². The van der Waals surface area contributed by atoms with Gasteiger partial charge in [0.05, 0.1) is 29.2 Å². The van der Waals surface area contributed by atoms with E-state index in [0.717, 1.165) is 61.1 Å². The highest BCUT2D eigenvalue weighted by Crippen LogP contribution is 2.40. The predicted molar refractivity (Wildman–Crippen MR) is 109 cm³/mol. The fraction of sp³-hybridized carbons (Fsp3) is 0.429. The molecule has 3 aromatic rings. The monoisotopic (exact) mass is 382 g/mol. The van der Waals surface area contributed by atoms with Gasteiger partial charge in [-0.15, -0.1) is 12.4 Å². The zero-order chi connectivity index (χ0) is 17.7. The minimum atomic E-state index is 0. The first kappa shape index (κ1) is 18.1. The molecular formula is C21H23ClN4O. The van der Waals surface area contributed by atoms with Crippen molar-refractivity contribution < 1.29 is 4.74 Å². The van der Waals surface area contributed by atoms with Gasteiger partial charge in [0.15, 0.2) is 5.65 Å². The Labute approximate surface area is 165 Å². The molecule has 1 saturated heterocycles. The number of fused-ring (bicyclic) bond motifs is 4. The molecule has 27 heavy (non-hydrogen) atoms. The molecule has 0 bridgehead atoms. The maximum atomic E-state index is 9.88. The molecule has 0 N–H and O–H groups in total. The lowest BCUT2D eigenvalue weighted by molar-refractivity contribution is 0.180. The van der Waals surface area contributed by atoms with Gasteiger partial charge in [0.25, 0.3) is 0 Å². The van der Waals surface area contributed by atoms with Crippen molar-refractivity contribution in [2.24, 2.45) is 0 Å². The highest BCUT2D eigenvalue weighted by atomic mass is 35.5. The van der Waals surface area contributed by atoms with Crippen LogP contribution in [0.2, 0.25) is 0 Å². The number of nitriles is 1. The fourth-order valence-electron chi connectivity index (χ4n) is 4.84. The number of imidazole rings is 1. The summed E-state index contributed by atoms with van der Waals surface area (Å²) in [7, 11) is 1.78. The van der Waals surface area contributed by atoms with Gasteiger partial charge in [-0.3, -0.25) is 4.40 Å². The third-order valence-corrected chi connectivity index (χ3v) is 5.91. The second-order valence-corrected chi connectivity index (χ2v) is 7.33. The molecule has 1 aliphatic carbocycles. The zero-order valence-corrected chi connectivity index (χ0v) is 16.3. The second-order valence-electron chi connectivity index (χ2n) is 7.33. The summed E-state index contributed by atoms with van der Waals surface area (Å²) in [6.45, 7) is 1.77. The quantitative estimate of drug-likeness (QED) is 0.689. The first-order valence-electron chi connectivity index (χ1n) is 9.44. The van der Waals surface area contributed by atoms with Gasteiger partial charge in [0.1, 0.15) is 11.9 Å². The van der Waals surface area contributed by atoms with Gasteiger partial charge in [-0.2, -0.15) is 5.26 Å². The number of aromatic nitrogens is 2. The van der Waals surface area contributed by atoms with E-state index in [1.807, 2.05) is 12.1 Å². The van der Waals surface area contributed by atoms with Gasteiger partial charge in [-0.05, 0) is 55.4 Å². The fourth-order valence-corrected chi connectivity index (χ4v) is 4.84. The largest absolute Gasteiger partial charge is 0.383 e. The van der Waals surface area contributed by atoms with Gasteiger partial charge < -0.3 is 9.64 Å². The normalized spacial score (nSPS) is 18.7. The van der Waals surface area contributed by atoms with E-state index in [-0.39, 0.29) is 12.4 Å². The number of halogens is 1. The molecule has 2 aromatic heterocycles. The Morgan fingerprint density at radius 1 is 1.22 bits per heavy atom. The number of ether oxygens (including phenoxy) is 1. The van der Waals surface area contributed by atoms with Gasteiger partial charge in [0, 0.05) is 13.7 Å². The maximum Gasteiger partial charge on any atom is 0.157 e. The van der Waals surface area contributed by atoms with E-state index in [9.17, 15) is 5.26 Å². The lowest BCUT2D eigenvalue weighted by atomic mass is 10.0. The Morgan fingerprint density at radius 2 is 2.04 bits per heavy atom. The van der Waals surface area contributed by atoms with Crippen molar-refractivity contribution in [3.63, 3.8) is 0 Å². The zero-order valence-electron chi connectivity index (χ0n) is 15.4. The van der Waals surface area contributed by atoms with Crippen LogP contribution < -0.4 is 4.90 Å². The number of hydrogen-bond donors (Lipinski definition) is 0. The summed E-state index contributed by atoms with van der Waals surface area (Å²) in [5.41, 5.74) is 6.18. The Balaban J connectivity index is 0.00000180. The maximum absolute atomic E-state index is 9.88. The molecule has 0 spiro atoms. The Morgan fingerprint density at radius 3 is 2.85 bits per heavy atom. The van der Waals surface area contributed by atoms with E-state index >= 15 is 0 Å². The van der Waals surface area contributed by atoms with Gasteiger partial charge in [-0.1, -0.05) is 12.1 Å². The van der Waals surface area contributed by atoms with Crippen molar-refractivity contribution >= 4 is 34.9 Å². The lowest BCUT2D eigenvalue weighted by Gasteiger charge is -2.30. The van der Waals surface area contributed by atoms with E-state index < -0.39 is 0 Å². The van der Waals surface area contributed by atoms with E-state index in [1.54, 1.807) is 7.11 Å². The van der Waals surface area contributed by atoms with Crippen LogP contribution in [0, 0.1) is 11.3 Å². The summed E-state index contributed by atoms with van der Waals surface area (Å²) in [6, 6.07) is 11.1. The molecule has 0 saturated carbocycles. The molecule has 1 atom stereocenters. The van der Waals surface area contributed by atoms with Crippen molar-refractivity contribution in [3.8, 4) is 6.07 Å². The van der Waals surface area contributed by atoms with Crippen LogP contribution in [0.5, 0.6) is 0 Å². The number of nitrogens with zero attached hydrogens (tertiary/aromatic N) is 4. The van der Waals surface area contributed by atoms with E-state index in [4.69, 9.17) is 9.72 Å². The van der Waals surface area contributed by atoms with Crippen LogP contribution in [-0.4, -0.2) is 35.7 Å². The number of rotatable bonds is 3. The third kappa shape index (κ3) is 2.59. The average molecular weight is 383 g/mol. The molecule has 6 heteroatoms. The highest BCUT2D eigenvalue weighted by Gasteiger charge is 2.33. The van der Waals surface area contributed by atoms with Crippen LogP contribution in [0.15, 0.2) is 24.3 Å².